The molecule has 1 amide bonds. The molecule has 0 fully saturated rings. The number of hydrogen-bond acceptors (Lipinski definition) is 3. The number of benzene rings is 2. The molecule has 29 heavy (non-hydrogen) atoms. The summed E-state index contributed by atoms with van der Waals surface area (Å²) in [6.07, 6.45) is 4.03. The first-order chi connectivity index (χ1) is 14.1. The van der Waals surface area contributed by atoms with Gasteiger partial charge in [-0.25, -0.2) is 0 Å². The molecule has 6 nitrogen and oxygen atoms in total. The fourth-order valence-electron chi connectivity index (χ4n) is 3.19. The van der Waals surface area contributed by atoms with Gasteiger partial charge in [-0.15, -0.1) is 0 Å². The lowest BCUT2D eigenvalue weighted by Gasteiger charge is -2.09. The van der Waals surface area contributed by atoms with Gasteiger partial charge in [0.1, 0.15) is 0 Å². The van der Waals surface area contributed by atoms with E-state index in [1.54, 1.807) is 18.5 Å². The van der Waals surface area contributed by atoms with E-state index >= 15 is 0 Å². The molecule has 0 radical (unpaired) electrons. The first kappa shape index (κ1) is 19.0. The van der Waals surface area contributed by atoms with Crippen LogP contribution in [0.4, 0.5) is 0 Å². The molecule has 146 valence electrons. The third kappa shape index (κ3) is 4.07. The smallest absolute Gasteiger partial charge is 0.255 e. The molecule has 2 aromatic heterocycles. The average Bonchev–Trinajstić information content (AvgIpc) is 3.16. The Hall–Kier alpha value is -3.38. The predicted octanol–water partition coefficient (Wildman–Crippen LogP) is 3.66. The molecule has 1 N–H and O–H groups in total. The lowest BCUT2D eigenvalue weighted by molar-refractivity contribution is 0.0952. The SMILES string of the molecule is O=C(NCCCn1ncc2c(Cl)cccc21)c1ccc(=O)n(-c2ccccc2)c1. The van der Waals surface area contributed by atoms with Crippen LogP contribution >= 0.6 is 11.6 Å². The first-order valence-electron chi connectivity index (χ1n) is 9.30. The summed E-state index contributed by atoms with van der Waals surface area (Å²) >= 11 is 6.17. The summed E-state index contributed by atoms with van der Waals surface area (Å²) in [7, 11) is 0. The monoisotopic (exact) mass is 406 g/mol. The fraction of sp³-hybridized carbons (Fsp3) is 0.136. The van der Waals surface area contributed by atoms with Gasteiger partial charge < -0.3 is 5.32 Å². The molecule has 0 saturated heterocycles. The fourth-order valence-corrected chi connectivity index (χ4v) is 3.41. The van der Waals surface area contributed by atoms with E-state index in [2.05, 4.69) is 10.4 Å². The molecule has 0 aliphatic rings. The van der Waals surface area contributed by atoms with Crippen LogP contribution in [-0.2, 0) is 6.54 Å². The van der Waals surface area contributed by atoms with Crippen molar-refractivity contribution in [3.8, 4) is 5.69 Å². The maximum absolute atomic E-state index is 12.5. The number of fused-ring (bicyclic) bond motifs is 1. The molecule has 0 spiro atoms. The molecule has 0 atom stereocenters. The summed E-state index contributed by atoms with van der Waals surface area (Å²) in [5.74, 6) is -0.219. The molecule has 0 aliphatic carbocycles. The van der Waals surface area contributed by atoms with Crippen LogP contribution in [0.25, 0.3) is 16.6 Å². The normalized spacial score (nSPS) is 10.9. The molecule has 0 unspecified atom stereocenters. The molecule has 2 heterocycles. The molecular formula is C22H19ClN4O2. The number of hydrogen-bond donors (Lipinski definition) is 1. The molecule has 0 bridgehead atoms. The number of aryl methyl sites for hydroxylation is 1. The maximum Gasteiger partial charge on any atom is 0.255 e. The second-order valence-corrected chi connectivity index (χ2v) is 7.02. The zero-order valence-corrected chi connectivity index (χ0v) is 16.3. The van der Waals surface area contributed by atoms with E-state index in [1.807, 2.05) is 53.2 Å². The van der Waals surface area contributed by atoms with E-state index in [-0.39, 0.29) is 11.5 Å². The van der Waals surface area contributed by atoms with Gasteiger partial charge in [-0.3, -0.25) is 18.8 Å². The topological polar surface area (TPSA) is 68.9 Å². The van der Waals surface area contributed by atoms with Crippen LogP contribution in [0.15, 0.2) is 77.9 Å². The predicted molar refractivity (Wildman–Crippen MR) is 114 cm³/mol. The summed E-state index contributed by atoms with van der Waals surface area (Å²) in [6, 6.07) is 17.9. The van der Waals surface area contributed by atoms with Crippen molar-refractivity contribution >= 4 is 28.4 Å². The molecule has 0 aliphatic heterocycles. The number of carbonyl (C=O) groups excluding carboxylic acids is 1. The first-order valence-corrected chi connectivity index (χ1v) is 9.67. The van der Waals surface area contributed by atoms with Crippen molar-refractivity contribution < 1.29 is 4.79 Å². The molecule has 0 saturated carbocycles. The minimum Gasteiger partial charge on any atom is -0.352 e. The van der Waals surface area contributed by atoms with Crippen molar-refractivity contribution in [3.05, 3.63) is 94.0 Å². The van der Waals surface area contributed by atoms with E-state index in [0.29, 0.717) is 30.1 Å². The van der Waals surface area contributed by atoms with Crippen LogP contribution in [0, 0.1) is 0 Å². The Morgan fingerprint density at radius 2 is 1.86 bits per heavy atom. The highest BCUT2D eigenvalue weighted by molar-refractivity contribution is 6.35. The van der Waals surface area contributed by atoms with Gasteiger partial charge in [-0.05, 0) is 36.8 Å². The van der Waals surface area contributed by atoms with Crippen LogP contribution < -0.4 is 10.9 Å². The highest BCUT2D eigenvalue weighted by Crippen LogP contribution is 2.22. The van der Waals surface area contributed by atoms with Crippen molar-refractivity contribution in [1.29, 1.82) is 0 Å². The van der Waals surface area contributed by atoms with Crippen LogP contribution in [0.1, 0.15) is 16.8 Å². The Bertz CT molecular complexity index is 1210. The van der Waals surface area contributed by atoms with Gasteiger partial charge in [-0.2, -0.15) is 5.10 Å². The van der Waals surface area contributed by atoms with Gasteiger partial charge in [0.25, 0.3) is 11.5 Å². The number of rotatable bonds is 6. The van der Waals surface area contributed by atoms with Crippen molar-refractivity contribution in [1.82, 2.24) is 19.7 Å². The van der Waals surface area contributed by atoms with Gasteiger partial charge in [0.05, 0.1) is 22.3 Å². The van der Waals surface area contributed by atoms with Gasteiger partial charge in [0, 0.05) is 36.4 Å². The summed E-state index contributed by atoms with van der Waals surface area (Å²) in [4.78, 5) is 24.6. The van der Waals surface area contributed by atoms with Gasteiger partial charge in [-0.1, -0.05) is 35.9 Å². The molecule has 2 aromatic carbocycles. The second kappa shape index (κ2) is 8.32. The highest BCUT2D eigenvalue weighted by atomic mass is 35.5. The summed E-state index contributed by atoms with van der Waals surface area (Å²) in [6.45, 7) is 1.15. The van der Waals surface area contributed by atoms with Gasteiger partial charge in [0.2, 0.25) is 0 Å². The number of halogens is 1. The molecule has 7 heteroatoms. The lowest BCUT2D eigenvalue weighted by atomic mass is 10.2. The van der Waals surface area contributed by atoms with E-state index in [4.69, 9.17) is 11.6 Å². The lowest BCUT2D eigenvalue weighted by Crippen LogP contribution is -2.27. The minimum atomic E-state index is -0.219. The van der Waals surface area contributed by atoms with Crippen molar-refractivity contribution in [2.24, 2.45) is 0 Å². The summed E-state index contributed by atoms with van der Waals surface area (Å²) in [5, 5.41) is 8.86. The highest BCUT2D eigenvalue weighted by Gasteiger charge is 2.09. The molecule has 4 aromatic rings. The Morgan fingerprint density at radius 1 is 1.03 bits per heavy atom. The number of para-hydroxylation sites is 1. The van der Waals surface area contributed by atoms with E-state index < -0.39 is 0 Å². The van der Waals surface area contributed by atoms with E-state index in [0.717, 1.165) is 16.6 Å². The Balaban J connectivity index is 1.39. The minimum absolute atomic E-state index is 0.183. The van der Waals surface area contributed by atoms with Crippen molar-refractivity contribution in [3.63, 3.8) is 0 Å². The average molecular weight is 407 g/mol. The number of carbonyl (C=O) groups is 1. The largest absolute Gasteiger partial charge is 0.352 e. The van der Waals surface area contributed by atoms with Gasteiger partial charge in [0.15, 0.2) is 0 Å². The van der Waals surface area contributed by atoms with E-state index in [1.165, 1.54) is 10.6 Å². The molecular weight excluding hydrogens is 388 g/mol. The zero-order valence-electron chi connectivity index (χ0n) is 15.6. The van der Waals surface area contributed by atoms with Crippen LogP contribution in [0.3, 0.4) is 0 Å². The van der Waals surface area contributed by atoms with Crippen LogP contribution in [-0.4, -0.2) is 26.8 Å². The zero-order chi connectivity index (χ0) is 20.2. The van der Waals surface area contributed by atoms with E-state index in [9.17, 15) is 9.59 Å². The third-order valence-electron chi connectivity index (χ3n) is 4.67. The number of nitrogens with zero attached hydrogens (tertiary/aromatic N) is 3. The maximum atomic E-state index is 12.5. The van der Waals surface area contributed by atoms with Gasteiger partial charge >= 0.3 is 0 Å². The standard InChI is InChI=1S/C22H19ClN4O2/c23-19-8-4-9-20-18(19)14-25-27(20)13-5-12-24-22(29)16-10-11-21(28)26(15-16)17-6-2-1-3-7-17/h1-4,6-11,14-15H,5,12-13H2,(H,24,29). The molecule has 4 rings (SSSR count). The summed E-state index contributed by atoms with van der Waals surface area (Å²) < 4.78 is 3.34. The van der Waals surface area contributed by atoms with Crippen molar-refractivity contribution in [2.45, 2.75) is 13.0 Å². The number of aromatic nitrogens is 3. The number of nitrogens with one attached hydrogen (secondary N) is 1. The third-order valence-corrected chi connectivity index (χ3v) is 5.00. The Kier molecular flexibility index (Phi) is 5.44. The number of amides is 1. The number of pyridine rings is 1. The summed E-state index contributed by atoms with van der Waals surface area (Å²) in [5.41, 5.74) is 1.94. The Labute approximate surface area is 172 Å². The van der Waals surface area contributed by atoms with Crippen LogP contribution in [0.2, 0.25) is 5.02 Å². The van der Waals surface area contributed by atoms with Crippen molar-refractivity contribution in [2.75, 3.05) is 6.54 Å². The quantitative estimate of drug-likeness (QED) is 0.497. The van der Waals surface area contributed by atoms with Crippen LogP contribution in [0.5, 0.6) is 0 Å². The second-order valence-electron chi connectivity index (χ2n) is 6.61. The Morgan fingerprint density at radius 3 is 2.69 bits per heavy atom.